The topological polar surface area (TPSA) is 152 Å². The van der Waals surface area contributed by atoms with Crippen molar-refractivity contribution in [1.29, 1.82) is 0 Å². The summed E-state index contributed by atoms with van der Waals surface area (Å²) in [6.45, 7) is 7.38. The zero-order valence-electron chi connectivity index (χ0n) is 28.5. The first-order valence-corrected chi connectivity index (χ1v) is 17.6. The highest BCUT2D eigenvalue weighted by Crippen LogP contribution is 2.35. The van der Waals surface area contributed by atoms with E-state index in [9.17, 15) is 13.2 Å². The van der Waals surface area contributed by atoms with Crippen LogP contribution in [-0.4, -0.2) is 79.4 Å². The predicted octanol–water partition coefficient (Wildman–Crippen LogP) is 5.47. The predicted molar refractivity (Wildman–Crippen MR) is 179 cm³/mol. The van der Waals surface area contributed by atoms with E-state index in [-0.39, 0.29) is 43.4 Å². The van der Waals surface area contributed by atoms with Gasteiger partial charge in [0.1, 0.15) is 17.2 Å². The van der Waals surface area contributed by atoms with Crippen LogP contribution in [0.4, 0.5) is 4.79 Å². The molecule has 50 heavy (non-hydrogen) atoms. The van der Waals surface area contributed by atoms with E-state index in [4.69, 9.17) is 32.9 Å². The Hall–Kier alpha value is -4.86. The summed E-state index contributed by atoms with van der Waals surface area (Å²) in [6.07, 6.45) is -0.211. The normalized spacial score (nSPS) is 16.6. The van der Waals surface area contributed by atoms with E-state index in [1.807, 2.05) is 62.4 Å². The Morgan fingerprint density at radius 1 is 1.06 bits per heavy atom. The molecule has 0 saturated carbocycles. The van der Waals surface area contributed by atoms with E-state index >= 15 is 0 Å². The number of carbonyl (C=O) groups excluding carboxylic acids is 1. The van der Waals surface area contributed by atoms with Gasteiger partial charge in [-0.3, -0.25) is 4.90 Å². The summed E-state index contributed by atoms with van der Waals surface area (Å²) in [5.74, 6) is 2.72. The second kappa shape index (κ2) is 14.5. The number of para-hydroxylation sites is 1. The molecule has 3 heterocycles. The summed E-state index contributed by atoms with van der Waals surface area (Å²) in [6, 6.07) is 18.9. The van der Waals surface area contributed by atoms with Gasteiger partial charge in [0.15, 0.2) is 24.8 Å². The second-order valence-corrected chi connectivity index (χ2v) is 14.7. The highest BCUT2D eigenvalue weighted by atomic mass is 32.2. The van der Waals surface area contributed by atoms with Gasteiger partial charge in [0, 0.05) is 12.6 Å². The van der Waals surface area contributed by atoms with Crippen molar-refractivity contribution in [3.63, 3.8) is 0 Å². The zero-order valence-corrected chi connectivity index (χ0v) is 29.3. The fraction of sp³-hybridized carbons (Fsp3) is 0.400. The molecular formula is C35H40N4O10S. The van der Waals surface area contributed by atoms with Crippen LogP contribution in [0, 0.1) is 5.92 Å². The van der Waals surface area contributed by atoms with Gasteiger partial charge in [0.2, 0.25) is 22.6 Å². The van der Waals surface area contributed by atoms with Gasteiger partial charge < -0.3 is 32.9 Å². The number of amides is 1. The van der Waals surface area contributed by atoms with E-state index in [1.165, 1.54) is 17.0 Å². The third-order valence-electron chi connectivity index (χ3n) is 8.22. The Bertz CT molecular complexity index is 1910. The summed E-state index contributed by atoms with van der Waals surface area (Å²) < 4.78 is 67.5. The van der Waals surface area contributed by atoms with Crippen LogP contribution in [0.15, 0.2) is 76.1 Å². The fourth-order valence-corrected chi connectivity index (χ4v) is 7.28. The molecule has 0 bridgehead atoms. The van der Waals surface area contributed by atoms with Gasteiger partial charge in [-0.15, -0.1) is 0 Å². The first-order valence-electron chi connectivity index (χ1n) is 16.1. The molecule has 1 unspecified atom stereocenters. The van der Waals surface area contributed by atoms with Crippen molar-refractivity contribution in [2.45, 2.75) is 57.4 Å². The maximum Gasteiger partial charge on any atom is 0.413 e. The van der Waals surface area contributed by atoms with Crippen LogP contribution >= 0.6 is 0 Å². The summed E-state index contributed by atoms with van der Waals surface area (Å²) in [7, 11) is -2.45. The second-order valence-electron chi connectivity index (χ2n) is 12.7. The van der Waals surface area contributed by atoms with Crippen LogP contribution in [0.5, 0.6) is 23.0 Å². The van der Waals surface area contributed by atoms with Crippen LogP contribution in [0.3, 0.4) is 0 Å². The molecule has 1 aromatic heterocycles. The number of fused-ring (bicyclic) bond motifs is 1. The number of hydrogen-bond donors (Lipinski definition) is 0. The SMILES string of the molecule is COc1ccccc1-c1nc(COc2ccc(CC3COC(C)(C)N3C(=O)OCN(CC(C)C)S(=O)(=O)c3ccc4c(c3)OCO4)cc2)no1. The third-order valence-corrected chi connectivity index (χ3v) is 10.0. The fourth-order valence-electron chi connectivity index (χ4n) is 5.80. The van der Waals surface area contributed by atoms with Gasteiger partial charge in [-0.05, 0) is 68.1 Å². The maximum absolute atomic E-state index is 13.6. The minimum absolute atomic E-state index is 0.0171. The zero-order chi connectivity index (χ0) is 35.5. The number of hydrogen-bond acceptors (Lipinski definition) is 12. The molecule has 0 spiro atoms. The monoisotopic (exact) mass is 708 g/mol. The summed E-state index contributed by atoms with van der Waals surface area (Å²) in [5, 5.41) is 4.01. The third kappa shape index (κ3) is 7.64. The van der Waals surface area contributed by atoms with Crippen molar-refractivity contribution in [3.8, 4) is 34.5 Å². The van der Waals surface area contributed by atoms with Crippen molar-refractivity contribution < 1.29 is 46.2 Å². The molecule has 266 valence electrons. The highest BCUT2D eigenvalue weighted by molar-refractivity contribution is 7.89. The van der Waals surface area contributed by atoms with Crippen molar-refractivity contribution >= 4 is 16.1 Å². The highest BCUT2D eigenvalue weighted by Gasteiger charge is 2.45. The van der Waals surface area contributed by atoms with Crippen LogP contribution in [0.1, 0.15) is 39.1 Å². The molecule has 1 saturated heterocycles. The molecule has 1 atom stereocenters. The van der Waals surface area contributed by atoms with Crippen LogP contribution in [-0.2, 0) is 32.5 Å². The maximum atomic E-state index is 13.6. The molecule has 0 radical (unpaired) electrons. The summed E-state index contributed by atoms with van der Waals surface area (Å²) in [5.41, 5.74) is 0.650. The quantitative estimate of drug-likeness (QED) is 0.162. The lowest BCUT2D eigenvalue weighted by Gasteiger charge is -2.33. The molecule has 1 amide bonds. The molecule has 0 aliphatic carbocycles. The lowest BCUT2D eigenvalue weighted by atomic mass is 10.0. The van der Waals surface area contributed by atoms with E-state index in [1.54, 1.807) is 27.0 Å². The number of sulfonamides is 1. The smallest absolute Gasteiger partial charge is 0.413 e. The molecule has 15 heteroatoms. The van der Waals surface area contributed by atoms with Gasteiger partial charge in [0.25, 0.3) is 5.89 Å². The largest absolute Gasteiger partial charge is 0.496 e. The van der Waals surface area contributed by atoms with Gasteiger partial charge in [0.05, 0.1) is 30.2 Å². The molecule has 6 rings (SSSR count). The first kappa shape index (κ1) is 35.0. The number of aromatic nitrogens is 2. The van der Waals surface area contributed by atoms with E-state index < -0.39 is 28.6 Å². The molecule has 2 aliphatic rings. The molecule has 4 aromatic rings. The van der Waals surface area contributed by atoms with Crippen LogP contribution in [0.25, 0.3) is 11.5 Å². The Morgan fingerprint density at radius 3 is 2.58 bits per heavy atom. The van der Waals surface area contributed by atoms with Crippen molar-refractivity contribution in [3.05, 3.63) is 78.1 Å². The van der Waals surface area contributed by atoms with E-state index in [0.29, 0.717) is 46.7 Å². The summed E-state index contributed by atoms with van der Waals surface area (Å²) in [4.78, 5) is 19.5. The average Bonchev–Trinajstić information content (AvgIpc) is 3.84. The van der Waals surface area contributed by atoms with Crippen LogP contribution < -0.4 is 18.9 Å². The number of nitrogens with zero attached hydrogens (tertiary/aromatic N) is 4. The number of rotatable bonds is 13. The number of carbonyl (C=O) groups is 1. The Labute approximate surface area is 290 Å². The van der Waals surface area contributed by atoms with Gasteiger partial charge >= 0.3 is 6.09 Å². The number of ether oxygens (including phenoxy) is 6. The minimum Gasteiger partial charge on any atom is -0.496 e. The Kier molecular flexibility index (Phi) is 10.2. The van der Waals surface area contributed by atoms with Gasteiger partial charge in [-0.25, -0.2) is 13.2 Å². The van der Waals surface area contributed by atoms with Crippen molar-refractivity contribution in [2.24, 2.45) is 5.92 Å². The molecule has 2 aliphatic heterocycles. The Morgan fingerprint density at radius 2 is 1.82 bits per heavy atom. The summed E-state index contributed by atoms with van der Waals surface area (Å²) >= 11 is 0. The van der Waals surface area contributed by atoms with Gasteiger partial charge in [-0.1, -0.05) is 43.3 Å². The van der Waals surface area contributed by atoms with Crippen LogP contribution in [0.2, 0.25) is 0 Å². The lowest BCUT2D eigenvalue weighted by molar-refractivity contribution is -0.0517. The molecule has 3 aromatic carbocycles. The molecular weight excluding hydrogens is 668 g/mol. The average molecular weight is 709 g/mol. The minimum atomic E-state index is -4.03. The molecule has 0 N–H and O–H groups in total. The number of methoxy groups -OCH3 is 1. The lowest BCUT2D eigenvalue weighted by Crippen LogP contribution is -2.50. The Balaban J connectivity index is 1.07. The number of benzene rings is 3. The molecule has 1 fully saturated rings. The van der Waals surface area contributed by atoms with Crippen molar-refractivity contribution in [1.82, 2.24) is 19.3 Å². The van der Waals surface area contributed by atoms with E-state index in [0.717, 1.165) is 9.87 Å². The van der Waals surface area contributed by atoms with Crippen molar-refractivity contribution in [2.75, 3.05) is 33.8 Å². The van der Waals surface area contributed by atoms with Gasteiger partial charge in [-0.2, -0.15) is 9.29 Å². The first-order chi connectivity index (χ1) is 23.9. The standard InChI is InChI=1S/C35H40N4O10S/c1-23(2)18-38(50(41,42)27-14-15-30-31(17-27)47-22-46-30)21-45-34(40)39-25(19-48-35(39,3)4)16-24-10-12-26(13-11-24)44-20-32-36-33(49-37-32)28-8-6-7-9-29(28)43-5/h6-15,17,23,25H,16,18-22H2,1-5H3. The van der Waals surface area contributed by atoms with E-state index in [2.05, 4.69) is 10.1 Å². The molecule has 14 nitrogen and oxygen atoms in total.